The standard InChI is InChI=1S/C11H12N2/c1-7-3-4-9-8(2)10(12)6-13-11(9)5-7/h3-6H,12H2,1-2H3. The molecular weight excluding hydrogens is 160 g/mol. The van der Waals surface area contributed by atoms with Crippen molar-refractivity contribution in [2.24, 2.45) is 0 Å². The minimum Gasteiger partial charge on any atom is -0.397 e. The molecule has 0 amide bonds. The quantitative estimate of drug-likeness (QED) is 0.662. The van der Waals surface area contributed by atoms with Gasteiger partial charge in [0.1, 0.15) is 0 Å². The number of fused-ring (bicyclic) bond motifs is 1. The highest BCUT2D eigenvalue weighted by Gasteiger charge is 2.01. The minimum absolute atomic E-state index is 0.761. The van der Waals surface area contributed by atoms with E-state index in [0.717, 1.165) is 22.2 Å². The second-order valence-corrected chi connectivity index (χ2v) is 3.36. The Kier molecular flexibility index (Phi) is 1.69. The molecule has 0 unspecified atom stereocenters. The van der Waals surface area contributed by atoms with E-state index in [1.807, 2.05) is 6.92 Å². The molecule has 0 fully saturated rings. The van der Waals surface area contributed by atoms with E-state index in [9.17, 15) is 0 Å². The van der Waals surface area contributed by atoms with Crippen LogP contribution in [0.5, 0.6) is 0 Å². The van der Waals surface area contributed by atoms with Gasteiger partial charge in [0.2, 0.25) is 0 Å². The number of anilines is 1. The molecule has 66 valence electrons. The molecular formula is C11H12N2. The summed E-state index contributed by atoms with van der Waals surface area (Å²) in [6, 6.07) is 6.22. The van der Waals surface area contributed by atoms with Crippen LogP contribution in [0.1, 0.15) is 11.1 Å². The van der Waals surface area contributed by atoms with Crippen LogP contribution in [0.3, 0.4) is 0 Å². The van der Waals surface area contributed by atoms with Gasteiger partial charge in [0.05, 0.1) is 17.4 Å². The third kappa shape index (κ3) is 1.24. The van der Waals surface area contributed by atoms with E-state index in [1.54, 1.807) is 6.20 Å². The van der Waals surface area contributed by atoms with Gasteiger partial charge in [-0.2, -0.15) is 0 Å². The first-order chi connectivity index (χ1) is 6.18. The van der Waals surface area contributed by atoms with Crippen LogP contribution in [0.2, 0.25) is 0 Å². The molecule has 0 radical (unpaired) electrons. The summed E-state index contributed by atoms with van der Waals surface area (Å²) in [5.41, 5.74) is 9.88. The summed E-state index contributed by atoms with van der Waals surface area (Å²) in [5.74, 6) is 0. The fraction of sp³-hybridized carbons (Fsp3) is 0.182. The van der Waals surface area contributed by atoms with Crippen molar-refractivity contribution in [3.63, 3.8) is 0 Å². The predicted octanol–water partition coefficient (Wildman–Crippen LogP) is 2.43. The lowest BCUT2D eigenvalue weighted by Crippen LogP contribution is -1.92. The van der Waals surface area contributed by atoms with Gasteiger partial charge in [-0.1, -0.05) is 12.1 Å². The van der Waals surface area contributed by atoms with Crippen molar-refractivity contribution >= 4 is 16.6 Å². The smallest absolute Gasteiger partial charge is 0.0708 e. The van der Waals surface area contributed by atoms with Crippen molar-refractivity contribution in [3.05, 3.63) is 35.5 Å². The van der Waals surface area contributed by atoms with E-state index in [1.165, 1.54) is 5.56 Å². The van der Waals surface area contributed by atoms with E-state index in [4.69, 9.17) is 5.73 Å². The zero-order chi connectivity index (χ0) is 9.42. The van der Waals surface area contributed by atoms with Crippen LogP contribution >= 0.6 is 0 Å². The van der Waals surface area contributed by atoms with Gasteiger partial charge in [0.15, 0.2) is 0 Å². The number of benzene rings is 1. The molecule has 13 heavy (non-hydrogen) atoms. The maximum atomic E-state index is 5.76. The van der Waals surface area contributed by atoms with E-state index < -0.39 is 0 Å². The lowest BCUT2D eigenvalue weighted by molar-refractivity contribution is 1.35. The van der Waals surface area contributed by atoms with Crippen molar-refractivity contribution in [2.75, 3.05) is 5.73 Å². The largest absolute Gasteiger partial charge is 0.397 e. The highest BCUT2D eigenvalue weighted by Crippen LogP contribution is 2.21. The van der Waals surface area contributed by atoms with E-state index in [2.05, 4.69) is 30.1 Å². The summed E-state index contributed by atoms with van der Waals surface area (Å²) in [7, 11) is 0. The third-order valence-electron chi connectivity index (χ3n) is 2.33. The molecule has 2 nitrogen and oxygen atoms in total. The van der Waals surface area contributed by atoms with Gasteiger partial charge in [-0.15, -0.1) is 0 Å². The first kappa shape index (κ1) is 8.05. The Morgan fingerprint density at radius 1 is 1.23 bits per heavy atom. The van der Waals surface area contributed by atoms with Crippen molar-refractivity contribution in [1.29, 1.82) is 0 Å². The second kappa shape index (κ2) is 2.73. The van der Waals surface area contributed by atoms with Crippen LogP contribution in [0, 0.1) is 13.8 Å². The summed E-state index contributed by atoms with van der Waals surface area (Å²) in [6.07, 6.45) is 1.72. The second-order valence-electron chi connectivity index (χ2n) is 3.36. The maximum Gasteiger partial charge on any atom is 0.0708 e. The van der Waals surface area contributed by atoms with E-state index >= 15 is 0 Å². The molecule has 1 aromatic carbocycles. The molecule has 2 aromatic rings. The Balaban J connectivity index is 2.87. The fourth-order valence-electron chi connectivity index (χ4n) is 1.46. The van der Waals surface area contributed by atoms with Crippen molar-refractivity contribution in [2.45, 2.75) is 13.8 Å². The number of nitrogen functional groups attached to an aromatic ring is 1. The molecule has 0 aliphatic rings. The van der Waals surface area contributed by atoms with Crippen LogP contribution in [-0.2, 0) is 0 Å². The SMILES string of the molecule is Cc1ccc2c(C)c(N)cnc2c1. The summed E-state index contributed by atoms with van der Waals surface area (Å²) < 4.78 is 0. The lowest BCUT2D eigenvalue weighted by Gasteiger charge is -2.04. The van der Waals surface area contributed by atoms with Crippen LogP contribution in [-0.4, -0.2) is 4.98 Å². The predicted molar refractivity (Wildman–Crippen MR) is 55.6 cm³/mol. The highest BCUT2D eigenvalue weighted by molar-refractivity contribution is 5.86. The summed E-state index contributed by atoms with van der Waals surface area (Å²) in [6.45, 7) is 4.08. The first-order valence-electron chi connectivity index (χ1n) is 4.30. The molecule has 1 heterocycles. The Morgan fingerprint density at radius 2 is 2.00 bits per heavy atom. The number of hydrogen-bond donors (Lipinski definition) is 1. The highest BCUT2D eigenvalue weighted by atomic mass is 14.7. The Bertz CT molecular complexity index is 461. The molecule has 2 heteroatoms. The molecule has 0 aliphatic heterocycles. The Morgan fingerprint density at radius 3 is 2.77 bits per heavy atom. The molecule has 0 saturated carbocycles. The van der Waals surface area contributed by atoms with Crippen LogP contribution in [0.25, 0.3) is 10.9 Å². The molecule has 2 N–H and O–H groups in total. The molecule has 1 aromatic heterocycles. The first-order valence-corrected chi connectivity index (χ1v) is 4.30. The summed E-state index contributed by atoms with van der Waals surface area (Å²) >= 11 is 0. The fourth-order valence-corrected chi connectivity index (χ4v) is 1.46. The maximum absolute atomic E-state index is 5.76. The van der Waals surface area contributed by atoms with Gasteiger partial charge < -0.3 is 5.73 Å². The van der Waals surface area contributed by atoms with Gasteiger partial charge in [0.25, 0.3) is 0 Å². The number of rotatable bonds is 0. The minimum atomic E-state index is 0.761. The van der Waals surface area contributed by atoms with Crippen LogP contribution < -0.4 is 5.73 Å². The van der Waals surface area contributed by atoms with E-state index in [0.29, 0.717) is 0 Å². The molecule has 0 atom stereocenters. The van der Waals surface area contributed by atoms with Crippen molar-refractivity contribution < 1.29 is 0 Å². The normalized spacial score (nSPS) is 10.6. The monoisotopic (exact) mass is 172 g/mol. The van der Waals surface area contributed by atoms with Crippen molar-refractivity contribution in [1.82, 2.24) is 4.98 Å². The molecule has 2 rings (SSSR count). The number of aromatic nitrogens is 1. The Labute approximate surface area is 77.4 Å². The zero-order valence-corrected chi connectivity index (χ0v) is 7.83. The molecule has 0 aliphatic carbocycles. The average molecular weight is 172 g/mol. The molecule has 0 saturated heterocycles. The van der Waals surface area contributed by atoms with Gasteiger partial charge >= 0.3 is 0 Å². The van der Waals surface area contributed by atoms with Gasteiger partial charge in [-0.25, -0.2) is 0 Å². The number of nitrogens with two attached hydrogens (primary N) is 1. The Hall–Kier alpha value is -1.57. The van der Waals surface area contributed by atoms with Crippen LogP contribution in [0.4, 0.5) is 5.69 Å². The van der Waals surface area contributed by atoms with Gasteiger partial charge in [0, 0.05) is 5.39 Å². The van der Waals surface area contributed by atoms with Crippen molar-refractivity contribution in [3.8, 4) is 0 Å². The number of nitrogens with zero attached hydrogens (tertiary/aromatic N) is 1. The molecule has 0 spiro atoms. The summed E-state index contributed by atoms with van der Waals surface area (Å²) in [5, 5.41) is 1.14. The third-order valence-corrected chi connectivity index (χ3v) is 2.33. The number of aryl methyl sites for hydroxylation is 2. The van der Waals surface area contributed by atoms with Gasteiger partial charge in [-0.05, 0) is 31.0 Å². The summed E-state index contributed by atoms with van der Waals surface area (Å²) in [4.78, 5) is 4.28. The van der Waals surface area contributed by atoms with Gasteiger partial charge in [-0.3, -0.25) is 4.98 Å². The van der Waals surface area contributed by atoms with E-state index in [-0.39, 0.29) is 0 Å². The number of pyridine rings is 1. The zero-order valence-electron chi connectivity index (χ0n) is 7.83. The number of hydrogen-bond acceptors (Lipinski definition) is 2. The average Bonchev–Trinajstić information content (AvgIpc) is 2.12. The lowest BCUT2D eigenvalue weighted by atomic mass is 10.1. The topological polar surface area (TPSA) is 38.9 Å². The molecule has 0 bridgehead atoms. The van der Waals surface area contributed by atoms with Crippen LogP contribution in [0.15, 0.2) is 24.4 Å².